The van der Waals surface area contributed by atoms with Gasteiger partial charge in [-0.25, -0.2) is 0 Å². The summed E-state index contributed by atoms with van der Waals surface area (Å²) >= 11 is 0. The number of nitriles is 1. The molecule has 38 heavy (non-hydrogen) atoms. The number of rotatable bonds is 4. The number of aromatic hydroxyl groups is 1. The van der Waals surface area contributed by atoms with Crippen molar-refractivity contribution in [2.75, 3.05) is 11.1 Å². The van der Waals surface area contributed by atoms with Crippen LogP contribution in [0.5, 0.6) is 5.75 Å². The van der Waals surface area contributed by atoms with Crippen LogP contribution < -0.4 is 11.1 Å². The largest absolute Gasteiger partial charge is 0.505 e. The number of amides is 1. The molecular weight excluding hydrogens is 476 g/mol. The number of carbonyl (C=O) groups is 1. The molecule has 6 rings (SSSR count). The van der Waals surface area contributed by atoms with Crippen LogP contribution in [-0.4, -0.2) is 16.0 Å². The highest BCUT2D eigenvalue weighted by Crippen LogP contribution is 2.44. The first kappa shape index (κ1) is 22.8. The van der Waals surface area contributed by atoms with Crippen LogP contribution in [0.3, 0.4) is 0 Å². The summed E-state index contributed by atoms with van der Waals surface area (Å²) in [4.78, 5) is 16.7. The first-order chi connectivity index (χ1) is 18.5. The Morgan fingerprint density at radius 3 is 2.45 bits per heavy atom. The van der Waals surface area contributed by atoms with Gasteiger partial charge in [0.1, 0.15) is 5.69 Å². The minimum atomic E-state index is -0.519. The zero-order valence-corrected chi connectivity index (χ0v) is 19.9. The van der Waals surface area contributed by atoms with Crippen LogP contribution in [0.15, 0.2) is 101 Å². The average molecular weight is 497 g/mol. The second kappa shape index (κ2) is 9.08. The summed E-state index contributed by atoms with van der Waals surface area (Å²) in [6.07, 6.45) is 0. The van der Waals surface area contributed by atoms with Crippen molar-refractivity contribution in [3.8, 4) is 11.8 Å². The van der Waals surface area contributed by atoms with Gasteiger partial charge in [-0.05, 0) is 66.0 Å². The fourth-order valence-corrected chi connectivity index (χ4v) is 4.53. The third-order valence-electron chi connectivity index (χ3n) is 6.41. The van der Waals surface area contributed by atoms with Crippen LogP contribution in [0.2, 0.25) is 0 Å². The molecule has 0 aliphatic heterocycles. The van der Waals surface area contributed by atoms with Crippen molar-refractivity contribution in [2.24, 2.45) is 10.2 Å². The maximum atomic E-state index is 13.3. The van der Waals surface area contributed by atoms with Gasteiger partial charge in [0.25, 0.3) is 5.91 Å². The maximum absolute atomic E-state index is 13.3. The zero-order valence-electron chi connectivity index (χ0n) is 19.9. The van der Waals surface area contributed by atoms with Gasteiger partial charge in [0, 0.05) is 33.1 Å². The van der Waals surface area contributed by atoms with Gasteiger partial charge in [0.15, 0.2) is 5.75 Å². The molecule has 0 atom stereocenters. The second-order valence-electron chi connectivity index (χ2n) is 8.81. The predicted molar refractivity (Wildman–Crippen MR) is 149 cm³/mol. The molecule has 0 unspecified atom stereocenters. The Kier molecular flexibility index (Phi) is 5.44. The monoisotopic (exact) mass is 496 g/mol. The highest BCUT2D eigenvalue weighted by molar-refractivity contribution is 6.22. The Bertz CT molecular complexity index is 1930. The minimum Gasteiger partial charge on any atom is -0.505 e. The Hall–Kier alpha value is -5.68. The molecule has 0 fully saturated rings. The second-order valence-corrected chi connectivity index (χ2v) is 8.81. The van der Waals surface area contributed by atoms with E-state index in [-0.39, 0.29) is 17.0 Å². The fraction of sp³-hybridized carbons (Fsp3) is 0. The number of anilines is 2. The number of aromatic nitrogens is 1. The predicted octanol–water partition coefficient (Wildman–Crippen LogP) is 7.30. The molecule has 8 heteroatoms. The highest BCUT2D eigenvalue weighted by atomic mass is 16.3. The van der Waals surface area contributed by atoms with Crippen LogP contribution in [0.25, 0.3) is 32.6 Å². The Balaban J connectivity index is 1.54. The third-order valence-corrected chi connectivity index (χ3v) is 6.41. The topological polar surface area (TPSA) is 140 Å². The zero-order chi connectivity index (χ0) is 26.2. The lowest BCUT2D eigenvalue weighted by molar-refractivity contribution is 0.102. The van der Waals surface area contributed by atoms with Crippen LogP contribution >= 0.6 is 0 Å². The van der Waals surface area contributed by atoms with Crippen molar-refractivity contribution in [2.45, 2.75) is 0 Å². The summed E-state index contributed by atoms with van der Waals surface area (Å²) in [7, 11) is 0. The number of benzene rings is 5. The van der Waals surface area contributed by atoms with Crippen molar-refractivity contribution in [3.63, 3.8) is 0 Å². The minimum absolute atomic E-state index is 0.0450. The molecule has 1 amide bonds. The summed E-state index contributed by atoms with van der Waals surface area (Å²) in [5.74, 6) is -0.816. The highest BCUT2D eigenvalue weighted by Gasteiger charge is 2.21. The fourth-order valence-electron chi connectivity index (χ4n) is 4.53. The van der Waals surface area contributed by atoms with Gasteiger partial charge in [0.05, 0.1) is 28.4 Å². The number of hydrogen-bond acceptors (Lipinski definition) is 6. The number of nitrogen functional groups attached to an aromatic ring is 1. The van der Waals surface area contributed by atoms with E-state index in [9.17, 15) is 9.90 Å². The molecule has 0 spiro atoms. The summed E-state index contributed by atoms with van der Waals surface area (Å²) in [6.45, 7) is 0. The van der Waals surface area contributed by atoms with E-state index >= 15 is 0 Å². The van der Waals surface area contributed by atoms with Crippen molar-refractivity contribution in [1.82, 2.24) is 4.98 Å². The number of phenolic OH excluding ortho intramolecular Hbond substituents is 1. The molecular formula is C30H20N6O2. The molecule has 5 aromatic carbocycles. The quantitative estimate of drug-likeness (QED) is 0.150. The Morgan fingerprint density at radius 2 is 1.68 bits per heavy atom. The van der Waals surface area contributed by atoms with Crippen LogP contribution in [0, 0.1) is 11.3 Å². The number of aromatic amines is 1. The van der Waals surface area contributed by atoms with Crippen LogP contribution in [0.1, 0.15) is 15.9 Å². The lowest BCUT2D eigenvalue weighted by atomic mass is 10.00. The van der Waals surface area contributed by atoms with E-state index in [1.54, 1.807) is 54.6 Å². The molecule has 0 saturated carbocycles. The number of azo groups is 1. The molecule has 0 radical (unpaired) electrons. The van der Waals surface area contributed by atoms with Crippen molar-refractivity contribution < 1.29 is 9.90 Å². The number of fused-ring (bicyclic) bond motifs is 5. The lowest BCUT2D eigenvalue weighted by Crippen LogP contribution is -2.12. The summed E-state index contributed by atoms with van der Waals surface area (Å²) in [5, 5.41) is 35.3. The van der Waals surface area contributed by atoms with E-state index in [0.29, 0.717) is 33.4 Å². The number of H-pyrrole nitrogens is 1. The molecule has 0 aliphatic carbocycles. The van der Waals surface area contributed by atoms with E-state index in [2.05, 4.69) is 20.5 Å². The van der Waals surface area contributed by atoms with Crippen LogP contribution in [0.4, 0.5) is 22.7 Å². The van der Waals surface area contributed by atoms with E-state index in [0.717, 1.165) is 21.8 Å². The van der Waals surface area contributed by atoms with Crippen LogP contribution in [-0.2, 0) is 0 Å². The van der Waals surface area contributed by atoms with E-state index in [4.69, 9.17) is 11.0 Å². The summed E-state index contributed by atoms with van der Waals surface area (Å²) in [6, 6.07) is 28.8. The molecule has 182 valence electrons. The number of hydrogen-bond donors (Lipinski definition) is 4. The first-order valence-electron chi connectivity index (χ1n) is 11.8. The molecule has 0 bridgehead atoms. The van der Waals surface area contributed by atoms with Crippen molar-refractivity contribution in [3.05, 3.63) is 102 Å². The molecule has 0 aliphatic rings. The molecule has 1 heterocycles. The number of nitrogens with zero attached hydrogens (tertiary/aromatic N) is 3. The maximum Gasteiger partial charge on any atom is 0.259 e. The standard InChI is InChI=1S/C30H20N6O2/c31-16-17-5-10-20(11-6-17)33-30(38)24-15-18-7-14-23-22-3-1-2-4-25(22)34-27(23)26(18)28(29(24)37)36-35-21-12-8-19(32)9-13-21/h1-15,34,37H,32H2,(H,33,38). The van der Waals surface area contributed by atoms with E-state index < -0.39 is 5.91 Å². The smallest absolute Gasteiger partial charge is 0.259 e. The van der Waals surface area contributed by atoms with Gasteiger partial charge in [-0.1, -0.05) is 30.3 Å². The van der Waals surface area contributed by atoms with E-state index in [1.165, 1.54) is 0 Å². The van der Waals surface area contributed by atoms with Gasteiger partial charge in [-0.2, -0.15) is 10.4 Å². The normalized spacial score (nSPS) is 11.3. The summed E-state index contributed by atoms with van der Waals surface area (Å²) < 4.78 is 0. The van der Waals surface area contributed by atoms with E-state index in [1.807, 2.05) is 42.5 Å². The molecule has 0 saturated heterocycles. The number of nitrogens with two attached hydrogens (primary N) is 1. The van der Waals surface area contributed by atoms with Gasteiger partial charge in [-0.15, -0.1) is 5.11 Å². The molecule has 5 N–H and O–H groups in total. The number of carbonyl (C=O) groups excluding carboxylic acids is 1. The van der Waals surface area contributed by atoms with Crippen molar-refractivity contribution >= 4 is 61.2 Å². The Labute approximate surface area is 216 Å². The van der Waals surface area contributed by atoms with Gasteiger partial charge < -0.3 is 21.1 Å². The average Bonchev–Trinajstić information content (AvgIpc) is 3.32. The summed E-state index contributed by atoms with van der Waals surface area (Å²) in [5.41, 5.74) is 9.83. The number of para-hydroxylation sites is 1. The SMILES string of the molecule is N#Cc1ccc(NC(=O)c2cc3ccc4c5ccccc5[nH]c4c3c(N=Nc3ccc(N)cc3)c2O)cc1. The lowest BCUT2D eigenvalue weighted by Gasteiger charge is -2.12. The van der Waals surface area contributed by atoms with Gasteiger partial charge >= 0.3 is 0 Å². The van der Waals surface area contributed by atoms with Crippen molar-refractivity contribution in [1.29, 1.82) is 5.26 Å². The first-order valence-corrected chi connectivity index (χ1v) is 11.8. The molecule has 8 nitrogen and oxygen atoms in total. The van der Waals surface area contributed by atoms with Gasteiger partial charge in [0.2, 0.25) is 0 Å². The molecule has 1 aromatic heterocycles. The number of phenols is 1. The number of nitrogens with one attached hydrogen (secondary N) is 2. The third kappa shape index (κ3) is 3.94. The molecule has 6 aromatic rings. The Morgan fingerprint density at radius 1 is 0.921 bits per heavy atom. The van der Waals surface area contributed by atoms with Gasteiger partial charge in [-0.3, -0.25) is 4.79 Å².